The number of hydrogen-bond acceptors (Lipinski definition) is 7. The molecule has 0 aliphatic carbocycles. The summed E-state index contributed by atoms with van der Waals surface area (Å²) in [6, 6.07) is -3.77. The molecule has 13 nitrogen and oxygen atoms in total. The van der Waals surface area contributed by atoms with Crippen LogP contribution in [-0.4, -0.2) is 91.7 Å². The molecule has 0 saturated carbocycles. The van der Waals surface area contributed by atoms with Gasteiger partial charge >= 0.3 is 5.97 Å². The molecule has 0 aromatic carbocycles. The van der Waals surface area contributed by atoms with Crippen LogP contribution in [0.4, 0.5) is 0 Å². The minimum absolute atomic E-state index is 0.0427. The van der Waals surface area contributed by atoms with E-state index in [0.29, 0.717) is 37.9 Å². The molecule has 186 valence electrons. The van der Waals surface area contributed by atoms with Crippen LogP contribution >= 0.6 is 0 Å². The quantitative estimate of drug-likeness (QED) is 0.257. The average Bonchev–Trinajstić information content (AvgIpc) is 3.56. The van der Waals surface area contributed by atoms with Crippen LogP contribution in [0.25, 0.3) is 0 Å². The predicted octanol–water partition coefficient (Wildman–Crippen LogP) is -1.90. The molecule has 2 aliphatic rings. The summed E-state index contributed by atoms with van der Waals surface area (Å²) in [5, 5.41) is 12.2. The number of amides is 4. The molecular weight excluding hydrogens is 446 g/mol. The molecule has 13 heteroatoms. The van der Waals surface area contributed by atoms with E-state index in [9.17, 15) is 29.1 Å². The van der Waals surface area contributed by atoms with Crippen LogP contribution in [0.15, 0.2) is 12.5 Å². The van der Waals surface area contributed by atoms with Gasteiger partial charge in [-0.3, -0.25) is 19.2 Å². The highest BCUT2D eigenvalue weighted by molar-refractivity contribution is 5.94. The fraction of sp³-hybridized carbons (Fsp3) is 0.619. The molecule has 4 atom stereocenters. The highest BCUT2D eigenvalue weighted by Crippen LogP contribution is 2.22. The van der Waals surface area contributed by atoms with Crippen molar-refractivity contribution < 1.29 is 29.1 Å². The van der Waals surface area contributed by atoms with Gasteiger partial charge in [0.25, 0.3) is 0 Å². The number of aromatic nitrogens is 2. The maximum atomic E-state index is 13.3. The van der Waals surface area contributed by atoms with E-state index >= 15 is 0 Å². The number of carboxylic acids is 1. The zero-order chi connectivity index (χ0) is 24.8. The molecule has 0 spiro atoms. The number of nitrogens with one attached hydrogen (secondary N) is 2. The summed E-state index contributed by atoms with van der Waals surface area (Å²) in [5.74, 6) is -3.13. The summed E-state index contributed by atoms with van der Waals surface area (Å²) in [4.78, 5) is 71.3. The molecule has 2 fully saturated rings. The van der Waals surface area contributed by atoms with Crippen LogP contribution in [0.2, 0.25) is 0 Å². The largest absolute Gasteiger partial charge is 0.480 e. The van der Waals surface area contributed by atoms with Gasteiger partial charge in [-0.25, -0.2) is 9.78 Å². The van der Waals surface area contributed by atoms with Gasteiger partial charge in [0, 0.05) is 37.8 Å². The first-order valence-electron chi connectivity index (χ1n) is 11.3. The van der Waals surface area contributed by atoms with E-state index in [4.69, 9.17) is 11.5 Å². The van der Waals surface area contributed by atoms with Gasteiger partial charge in [-0.1, -0.05) is 0 Å². The predicted molar refractivity (Wildman–Crippen MR) is 118 cm³/mol. The number of aliphatic carboxylic acids is 1. The Hall–Kier alpha value is -3.48. The molecule has 1 aromatic heterocycles. The first-order valence-corrected chi connectivity index (χ1v) is 11.3. The Bertz CT molecular complexity index is 921. The first-order chi connectivity index (χ1) is 16.2. The van der Waals surface area contributed by atoms with Gasteiger partial charge in [0.15, 0.2) is 0 Å². The molecule has 4 amide bonds. The van der Waals surface area contributed by atoms with Gasteiger partial charge in [-0.15, -0.1) is 0 Å². The number of hydrogen-bond donors (Lipinski definition) is 5. The molecule has 0 radical (unpaired) electrons. The van der Waals surface area contributed by atoms with Crippen molar-refractivity contribution in [3.05, 3.63) is 18.2 Å². The van der Waals surface area contributed by atoms with Gasteiger partial charge in [-0.05, 0) is 32.1 Å². The Morgan fingerprint density at radius 3 is 2.35 bits per heavy atom. The fourth-order valence-corrected chi connectivity index (χ4v) is 4.51. The molecular formula is C21H31N7O6. The summed E-state index contributed by atoms with van der Waals surface area (Å²) in [6.07, 6.45) is 4.97. The molecule has 4 unspecified atom stereocenters. The lowest BCUT2D eigenvalue weighted by molar-refractivity contribution is -0.149. The van der Waals surface area contributed by atoms with E-state index in [1.807, 2.05) is 0 Å². The van der Waals surface area contributed by atoms with Crippen molar-refractivity contribution >= 4 is 29.6 Å². The highest BCUT2D eigenvalue weighted by atomic mass is 16.4. The van der Waals surface area contributed by atoms with Crippen LogP contribution < -0.4 is 16.8 Å². The van der Waals surface area contributed by atoms with Crippen molar-refractivity contribution in [1.82, 2.24) is 25.1 Å². The zero-order valence-electron chi connectivity index (χ0n) is 18.8. The minimum Gasteiger partial charge on any atom is -0.480 e. The summed E-state index contributed by atoms with van der Waals surface area (Å²) in [5.41, 5.74) is 11.6. The second-order valence-electron chi connectivity index (χ2n) is 8.67. The van der Waals surface area contributed by atoms with Gasteiger partial charge in [0.2, 0.25) is 23.6 Å². The normalized spacial score (nSPS) is 21.8. The summed E-state index contributed by atoms with van der Waals surface area (Å²) >= 11 is 0. The van der Waals surface area contributed by atoms with Crippen LogP contribution in [0.3, 0.4) is 0 Å². The average molecular weight is 478 g/mol. The standard InChI is InChI=1S/C21H31N7O6/c22-13(5-6-17(23)29)19(31)27-7-1-3-15(27)18(30)26-14(9-12-10-24-11-25-12)20(32)28-8-2-4-16(28)21(33)34/h10-11,13-16H,1-9,22H2,(H2,23,29)(H,24,25)(H,26,30)(H,33,34). The van der Waals surface area contributed by atoms with Crippen molar-refractivity contribution in [2.45, 2.75) is 69.1 Å². The lowest BCUT2D eigenvalue weighted by Crippen LogP contribution is -2.57. The Morgan fingerprint density at radius 2 is 1.76 bits per heavy atom. The highest BCUT2D eigenvalue weighted by Gasteiger charge is 2.41. The number of primary amides is 1. The molecule has 3 rings (SSSR count). The number of rotatable bonds is 10. The van der Waals surface area contributed by atoms with Crippen LogP contribution in [-0.2, 0) is 30.4 Å². The van der Waals surface area contributed by atoms with E-state index in [-0.39, 0.29) is 25.8 Å². The number of H-pyrrole nitrogens is 1. The number of carbonyl (C=O) groups excluding carboxylic acids is 4. The number of aromatic amines is 1. The topological polar surface area (TPSA) is 205 Å². The second-order valence-corrected chi connectivity index (χ2v) is 8.67. The molecule has 2 aliphatic heterocycles. The van der Waals surface area contributed by atoms with Crippen molar-refractivity contribution in [3.63, 3.8) is 0 Å². The van der Waals surface area contributed by atoms with Gasteiger partial charge < -0.3 is 36.7 Å². The molecule has 2 saturated heterocycles. The summed E-state index contributed by atoms with van der Waals surface area (Å²) in [7, 11) is 0. The van der Waals surface area contributed by atoms with Crippen LogP contribution in [0, 0.1) is 0 Å². The van der Waals surface area contributed by atoms with Crippen molar-refractivity contribution in [2.75, 3.05) is 13.1 Å². The van der Waals surface area contributed by atoms with Gasteiger partial charge in [0.1, 0.15) is 18.1 Å². The lowest BCUT2D eigenvalue weighted by Gasteiger charge is -2.30. The molecule has 7 N–H and O–H groups in total. The molecule has 1 aromatic rings. The van der Waals surface area contributed by atoms with E-state index < -0.39 is 53.8 Å². The Kier molecular flexibility index (Phi) is 8.21. The lowest BCUT2D eigenvalue weighted by atomic mass is 10.1. The first kappa shape index (κ1) is 25.1. The number of likely N-dealkylation sites (tertiary alicyclic amines) is 2. The second kappa shape index (κ2) is 11.1. The van der Waals surface area contributed by atoms with Crippen molar-refractivity contribution in [2.24, 2.45) is 11.5 Å². The number of carboxylic acid groups (broad SMARTS) is 1. The van der Waals surface area contributed by atoms with Gasteiger partial charge in [-0.2, -0.15) is 0 Å². The fourth-order valence-electron chi connectivity index (χ4n) is 4.51. The number of carbonyl (C=O) groups is 5. The Balaban J connectivity index is 1.72. The maximum Gasteiger partial charge on any atom is 0.326 e. The molecule has 0 bridgehead atoms. The maximum absolute atomic E-state index is 13.3. The third-order valence-corrected chi connectivity index (χ3v) is 6.27. The van der Waals surface area contributed by atoms with Crippen LogP contribution in [0.5, 0.6) is 0 Å². The van der Waals surface area contributed by atoms with E-state index in [1.54, 1.807) is 0 Å². The number of nitrogens with zero attached hydrogens (tertiary/aromatic N) is 3. The summed E-state index contributed by atoms with van der Waals surface area (Å²) < 4.78 is 0. The van der Waals surface area contributed by atoms with E-state index in [1.165, 1.54) is 22.3 Å². The SMILES string of the molecule is NC(=O)CCC(N)C(=O)N1CCCC1C(=O)NC(Cc1cnc[nH]1)C(=O)N1CCCC1C(=O)O. The smallest absolute Gasteiger partial charge is 0.326 e. The summed E-state index contributed by atoms with van der Waals surface area (Å²) in [6.45, 7) is 0.613. The van der Waals surface area contributed by atoms with Crippen molar-refractivity contribution in [1.29, 1.82) is 0 Å². The Labute approximate surface area is 196 Å². The van der Waals surface area contributed by atoms with Crippen molar-refractivity contribution in [3.8, 4) is 0 Å². The van der Waals surface area contributed by atoms with Gasteiger partial charge in [0.05, 0.1) is 12.4 Å². The van der Waals surface area contributed by atoms with E-state index in [0.717, 1.165) is 0 Å². The van der Waals surface area contributed by atoms with Crippen LogP contribution in [0.1, 0.15) is 44.2 Å². The number of imidazole rings is 1. The third-order valence-electron chi connectivity index (χ3n) is 6.27. The molecule has 34 heavy (non-hydrogen) atoms. The minimum atomic E-state index is -1.09. The molecule has 3 heterocycles. The van der Waals surface area contributed by atoms with E-state index in [2.05, 4.69) is 15.3 Å². The third kappa shape index (κ3) is 5.90. The zero-order valence-corrected chi connectivity index (χ0v) is 18.8. The number of nitrogens with two attached hydrogens (primary N) is 2. The Morgan fingerprint density at radius 1 is 1.12 bits per heavy atom. The monoisotopic (exact) mass is 477 g/mol.